The van der Waals surface area contributed by atoms with Gasteiger partial charge in [-0.2, -0.15) is 0 Å². The molecule has 3 nitrogen and oxygen atoms in total. The first-order valence-corrected chi connectivity index (χ1v) is 6.94. The van der Waals surface area contributed by atoms with E-state index in [4.69, 9.17) is 28.3 Å². The van der Waals surface area contributed by atoms with Gasteiger partial charge in [-0.1, -0.05) is 23.2 Å². The van der Waals surface area contributed by atoms with Crippen LogP contribution in [0.4, 0.5) is 0 Å². The second-order valence-electron chi connectivity index (χ2n) is 3.75. The van der Waals surface area contributed by atoms with E-state index in [2.05, 4.69) is 0 Å². The summed E-state index contributed by atoms with van der Waals surface area (Å²) in [6.07, 6.45) is 2.55. The Morgan fingerprint density at radius 3 is 2.65 bits per heavy atom. The molecule has 0 atom stereocenters. The number of aliphatic hydroxyl groups excluding tert-OH is 1. The molecule has 0 radical (unpaired) electrons. The average Bonchev–Trinajstić information content (AvgIpc) is 2.62. The predicted molar refractivity (Wildman–Crippen MR) is 72.2 cm³/mol. The number of nitrogens with zero attached hydrogens (tertiary/aromatic N) is 1. The molecule has 1 amide bonds. The van der Waals surface area contributed by atoms with Crippen molar-refractivity contribution in [2.45, 2.75) is 19.3 Å². The number of carbonyl (C=O) groups excluding carboxylic acids is 1. The molecule has 6 heteroatoms. The first-order chi connectivity index (χ1) is 8.06. The van der Waals surface area contributed by atoms with Gasteiger partial charge in [0.25, 0.3) is 5.91 Å². The second kappa shape index (κ2) is 7.21. The second-order valence-corrected chi connectivity index (χ2v) is 6.03. The number of thiophene rings is 1. The highest BCUT2D eigenvalue weighted by molar-refractivity contribution is 7.20. The Morgan fingerprint density at radius 2 is 2.12 bits per heavy atom. The molecule has 1 heterocycles. The van der Waals surface area contributed by atoms with Crippen LogP contribution in [0.3, 0.4) is 0 Å². The normalized spacial score (nSPS) is 10.6. The van der Waals surface area contributed by atoms with Gasteiger partial charge < -0.3 is 10.0 Å². The van der Waals surface area contributed by atoms with Crippen LogP contribution in [0, 0.1) is 0 Å². The maximum atomic E-state index is 12.0. The highest BCUT2D eigenvalue weighted by Crippen LogP contribution is 2.31. The minimum absolute atomic E-state index is 0.109. The van der Waals surface area contributed by atoms with Crippen molar-refractivity contribution in [3.63, 3.8) is 0 Å². The molecule has 0 unspecified atom stereocenters. The summed E-state index contributed by atoms with van der Waals surface area (Å²) in [5.74, 6) is -0.109. The summed E-state index contributed by atoms with van der Waals surface area (Å²) in [7, 11) is 1.74. The van der Waals surface area contributed by atoms with Crippen molar-refractivity contribution >= 4 is 40.4 Å². The molecule has 0 spiro atoms. The summed E-state index contributed by atoms with van der Waals surface area (Å²) in [5.41, 5.74) is 0.464. The Bertz CT molecular complexity index is 382. The van der Waals surface area contributed by atoms with E-state index in [1.807, 2.05) is 0 Å². The van der Waals surface area contributed by atoms with Gasteiger partial charge in [0.15, 0.2) is 0 Å². The largest absolute Gasteiger partial charge is 0.396 e. The summed E-state index contributed by atoms with van der Waals surface area (Å²) in [6, 6.07) is 1.60. The highest BCUT2D eigenvalue weighted by Gasteiger charge is 2.17. The van der Waals surface area contributed by atoms with Crippen molar-refractivity contribution in [3.8, 4) is 0 Å². The fourth-order valence-corrected chi connectivity index (χ4v) is 2.88. The Labute approximate surface area is 115 Å². The number of halogens is 2. The van der Waals surface area contributed by atoms with E-state index >= 15 is 0 Å². The Kier molecular flexibility index (Phi) is 6.27. The van der Waals surface area contributed by atoms with E-state index in [9.17, 15) is 4.79 Å². The minimum Gasteiger partial charge on any atom is -0.396 e. The van der Waals surface area contributed by atoms with Crippen LogP contribution in [0.1, 0.15) is 29.6 Å². The van der Waals surface area contributed by atoms with Crippen molar-refractivity contribution in [2.75, 3.05) is 20.2 Å². The Balaban J connectivity index is 2.49. The van der Waals surface area contributed by atoms with Gasteiger partial charge in [0.05, 0.1) is 9.90 Å². The van der Waals surface area contributed by atoms with Crippen LogP contribution < -0.4 is 0 Å². The Hall–Kier alpha value is -0.290. The van der Waals surface area contributed by atoms with Crippen LogP contribution in [0.2, 0.25) is 8.67 Å². The molecule has 1 rings (SSSR count). The monoisotopic (exact) mass is 295 g/mol. The van der Waals surface area contributed by atoms with Gasteiger partial charge >= 0.3 is 0 Å². The first-order valence-electron chi connectivity index (χ1n) is 5.37. The van der Waals surface area contributed by atoms with Gasteiger partial charge in [-0.15, -0.1) is 11.3 Å². The van der Waals surface area contributed by atoms with Crippen LogP contribution in [0.5, 0.6) is 0 Å². The number of carbonyl (C=O) groups is 1. The van der Waals surface area contributed by atoms with E-state index in [-0.39, 0.29) is 12.5 Å². The van der Waals surface area contributed by atoms with Gasteiger partial charge in [0.1, 0.15) is 4.34 Å². The molecular formula is C11H15Cl2NO2S. The zero-order valence-corrected chi connectivity index (χ0v) is 11.9. The zero-order chi connectivity index (χ0) is 12.8. The van der Waals surface area contributed by atoms with Crippen LogP contribution in [-0.2, 0) is 0 Å². The molecule has 0 saturated carbocycles. The quantitative estimate of drug-likeness (QED) is 0.818. The standard InChI is InChI=1S/C11H15Cl2NO2S/c1-14(5-3-2-4-6-15)11(16)8-7-9(12)17-10(8)13/h7,15H,2-6H2,1H3. The molecule has 0 aliphatic heterocycles. The molecule has 1 aromatic heterocycles. The van der Waals surface area contributed by atoms with Gasteiger partial charge in [0, 0.05) is 20.2 Å². The summed E-state index contributed by atoms with van der Waals surface area (Å²) >= 11 is 12.9. The summed E-state index contributed by atoms with van der Waals surface area (Å²) in [4.78, 5) is 13.6. The van der Waals surface area contributed by atoms with Gasteiger partial charge in [-0.05, 0) is 25.3 Å². The van der Waals surface area contributed by atoms with Crippen LogP contribution in [-0.4, -0.2) is 36.1 Å². The summed E-state index contributed by atoms with van der Waals surface area (Å²) < 4.78 is 0.953. The maximum absolute atomic E-state index is 12.0. The lowest BCUT2D eigenvalue weighted by atomic mass is 10.2. The summed E-state index contributed by atoms with van der Waals surface area (Å²) in [5, 5.41) is 8.65. The minimum atomic E-state index is -0.109. The van der Waals surface area contributed by atoms with Crippen molar-refractivity contribution in [2.24, 2.45) is 0 Å². The molecule has 0 aromatic carbocycles. The van der Waals surface area contributed by atoms with E-state index in [1.165, 1.54) is 11.3 Å². The number of hydrogen-bond donors (Lipinski definition) is 1. The van der Waals surface area contributed by atoms with Crippen LogP contribution in [0.25, 0.3) is 0 Å². The van der Waals surface area contributed by atoms with Crippen molar-refractivity contribution < 1.29 is 9.90 Å². The topological polar surface area (TPSA) is 40.5 Å². The molecule has 0 saturated heterocycles. The molecule has 96 valence electrons. The molecule has 0 bridgehead atoms. The molecule has 0 aliphatic rings. The molecule has 1 aromatic rings. The van der Waals surface area contributed by atoms with Gasteiger partial charge in [0.2, 0.25) is 0 Å². The lowest BCUT2D eigenvalue weighted by molar-refractivity contribution is 0.0793. The number of amides is 1. The average molecular weight is 296 g/mol. The predicted octanol–water partition coefficient (Wildman–Crippen LogP) is 3.29. The molecule has 17 heavy (non-hydrogen) atoms. The smallest absolute Gasteiger partial charge is 0.256 e. The number of rotatable bonds is 6. The van der Waals surface area contributed by atoms with Gasteiger partial charge in [-0.25, -0.2) is 0 Å². The molecule has 0 aliphatic carbocycles. The zero-order valence-electron chi connectivity index (χ0n) is 9.58. The van der Waals surface area contributed by atoms with Crippen molar-refractivity contribution in [1.29, 1.82) is 0 Å². The fraction of sp³-hybridized carbons (Fsp3) is 0.545. The maximum Gasteiger partial charge on any atom is 0.256 e. The van der Waals surface area contributed by atoms with Crippen molar-refractivity contribution in [3.05, 3.63) is 20.3 Å². The van der Waals surface area contributed by atoms with Crippen LogP contribution >= 0.6 is 34.5 Å². The third-order valence-electron chi connectivity index (χ3n) is 2.39. The molecular weight excluding hydrogens is 281 g/mol. The Morgan fingerprint density at radius 1 is 1.41 bits per heavy atom. The lowest BCUT2D eigenvalue weighted by Gasteiger charge is -2.16. The van der Waals surface area contributed by atoms with E-state index in [0.29, 0.717) is 20.8 Å². The third kappa shape index (κ3) is 4.47. The molecule has 0 fully saturated rings. The van der Waals surface area contributed by atoms with E-state index in [0.717, 1.165) is 19.3 Å². The fourth-order valence-electron chi connectivity index (χ4n) is 1.43. The first kappa shape index (κ1) is 14.8. The number of hydrogen-bond acceptors (Lipinski definition) is 3. The lowest BCUT2D eigenvalue weighted by Crippen LogP contribution is -2.27. The number of unbranched alkanes of at least 4 members (excludes halogenated alkanes) is 2. The van der Waals surface area contributed by atoms with E-state index < -0.39 is 0 Å². The summed E-state index contributed by atoms with van der Waals surface area (Å²) in [6.45, 7) is 0.853. The van der Waals surface area contributed by atoms with Crippen molar-refractivity contribution in [1.82, 2.24) is 4.90 Å². The highest BCUT2D eigenvalue weighted by atomic mass is 35.5. The molecule has 1 N–H and O–H groups in total. The van der Waals surface area contributed by atoms with Crippen LogP contribution in [0.15, 0.2) is 6.07 Å². The third-order valence-corrected chi connectivity index (χ3v) is 3.87. The SMILES string of the molecule is CN(CCCCCO)C(=O)c1cc(Cl)sc1Cl. The number of aliphatic hydroxyl groups is 1. The van der Waals surface area contributed by atoms with Gasteiger partial charge in [-0.3, -0.25) is 4.79 Å². The van der Waals surface area contributed by atoms with E-state index in [1.54, 1.807) is 18.0 Å².